The fourth-order valence-electron chi connectivity index (χ4n) is 1.46. The number of nitrogens with one attached hydrogen (secondary N) is 1. The summed E-state index contributed by atoms with van der Waals surface area (Å²) in [6.07, 6.45) is 1.03. The molecule has 0 amide bonds. The maximum absolute atomic E-state index is 11.8. The van der Waals surface area contributed by atoms with Crippen molar-refractivity contribution in [2.45, 2.75) is 13.3 Å². The smallest absolute Gasteiger partial charge is 0.215 e. The van der Waals surface area contributed by atoms with Crippen LogP contribution in [-0.4, -0.2) is 57.9 Å². The molecule has 0 aromatic heterocycles. The highest BCUT2D eigenvalue weighted by Crippen LogP contribution is 2.04. The number of hydrogen-bond donors (Lipinski definition) is 1. The number of morpholine rings is 1. The molecule has 15 heavy (non-hydrogen) atoms. The average Bonchev–Trinajstić information content (AvgIpc) is 2.26. The molecule has 5 nitrogen and oxygen atoms in total. The van der Waals surface area contributed by atoms with Crippen LogP contribution in [0.3, 0.4) is 0 Å². The molecule has 0 aromatic rings. The minimum absolute atomic E-state index is 0.188. The van der Waals surface area contributed by atoms with Gasteiger partial charge in [-0.05, 0) is 13.0 Å². The van der Waals surface area contributed by atoms with Crippen LogP contribution in [-0.2, 0) is 14.8 Å². The standard InChI is InChI=1S/C9H20N2O3S/c1-2-3-10-4-9-15(12,13)11-5-7-14-8-6-11/h10H,2-9H2,1H3. The van der Waals surface area contributed by atoms with Crippen LogP contribution in [0.5, 0.6) is 0 Å². The minimum Gasteiger partial charge on any atom is -0.379 e. The van der Waals surface area contributed by atoms with E-state index in [9.17, 15) is 8.42 Å². The number of hydrogen-bond acceptors (Lipinski definition) is 4. The first kappa shape index (κ1) is 12.9. The van der Waals surface area contributed by atoms with E-state index in [0.29, 0.717) is 32.8 Å². The van der Waals surface area contributed by atoms with Crippen LogP contribution in [0, 0.1) is 0 Å². The van der Waals surface area contributed by atoms with Crippen LogP contribution in [0.4, 0.5) is 0 Å². The summed E-state index contributed by atoms with van der Waals surface area (Å²) >= 11 is 0. The number of rotatable bonds is 6. The van der Waals surface area contributed by atoms with Crippen molar-refractivity contribution in [3.8, 4) is 0 Å². The Morgan fingerprint density at radius 2 is 1.93 bits per heavy atom. The molecule has 0 spiro atoms. The second-order valence-corrected chi connectivity index (χ2v) is 5.67. The van der Waals surface area contributed by atoms with E-state index in [-0.39, 0.29) is 5.75 Å². The number of sulfonamides is 1. The molecule has 90 valence electrons. The van der Waals surface area contributed by atoms with Gasteiger partial charge in [0.25, 0.3) is 0 Å². The van der Waals surface area contributed by atoms with Crippen LogP contribution in [0.2, 0.25) is 0 Å². The highest BCUT2D eigenvalue weighted by Gasteiger charge is 2.23. The van der Waals surface area contributed by atoms with Crippen molar-refractivity contribution in [3.63, 3.8) is 0 Å². The Balaban J connectivity index is 2.30. The van der Waals surface area contributed by atoms with Gasteiger partial charge in [0.05, 0.1) is 19.0 Å². The van der Waals surface area contributed by atoms with Gasteiger partial charge < -0.3 is 10.1 Å². The lowest BCUT2D eigenvalue weighted by Gasteiger charge is -2.26. The molecule has 0 unspecified atom stereocenters. The third-order valence-corrected chi connectivity index (χ3v) is 4.20. The van der Waals surface area contributed by atoms with Crippen molar-refractivity contribution in [3.05, 3.63) is 0 Å². The molecule has 6 heteroatoms. The first-order chi connectivity index (χ1) is 7.17. The third-order valence-electron chi connectivity index (χ3n) is 2.33. The average molecular weight is 236 g/mol. The van der Waals surface area contributed by atoms with Gasteiger partial charge in [-0.25, -0.2) is 8.42 Å². The van der Waals surface area contributed by atoms with E-state index in [1.54, 1.807) is 0 Å². The third kappa shape index (κ3) is 4.46. The summed E-state index contributed by atoms with van der Waals surface area (Å²) in [6.45, 7) is 5.49. The Morgan fingerprint density at radius 1 is 1.27 bits per heavy atom. The lowest BCUT2D eigenvalue weighted by atomic mass is 10.5. The molecular weight excluding hydrogens is 216 g/mol. The molecule has 0 atom stereocenters. The van der Waals surface area contributed by atoms with E-state index in [1.165, 1.54) is 4.31 Å². The van der Waals surface area contributed by atoms with Crippen LogP contribution >= 0.6 is 0 Å². The zero-order chi connectivity index (χ0) is 11.1. The van der Waals surface area contributed by atoms with Gasteiger partial charge in [-0.1, -0.05) is 6.92 Å². The second kappa shape index (κ2) is 6.42. The Kier molecular flexibility index (Phi) is 5.52. The Bertz CT molecular complexity index is 261. The molecule has 0 aliphatic carbocycles. The Morgan fingerprint density at radius 3 is 2.53 bits per heavy atom. The van der Waals surface area contributed by atoms with Crippen LogP contribution in [0.15, 0.2) is 0 Å². The molecule has 0 aromatic carbocycles. The van der Waals surface area contributed by atoms with E-state index < -0.39 is 10.0 Å². The maximum Gasteiger partial charge on any atom is 0.215 e. The lowest BCUT2D eigenvalue weighted by Crippen LogP contribution is -2.43. The topological polar surface area (TPSA) is 58.6 Å². The van der Waals surface area contributed by atoms with Gasteiger partial charge in [-0.3, -0.25) is 0 Å². The number of nitrogens with zero attached hydrogens (tertiary/aromatic N) is 1. The first-order valence-electron chi connectivity index (χ1n) is 5.43. The van der Waals surface area contributed by atoms with Crippen LogP contribution in [0.25, 0.3) is 0 Å². The summed E-state index contributed by atoms with van der Waals surface area (Å²) in [5.41, 5.74) is 0. The van der Waals surface area contributed by atoms with E-state index in [2.05, 4.69) is 12.2 Å². The van der Waals surface area contributed by atoms with E-state index in [0.717, 1.165) is 13.0 Å². The Labute approximate surface area is 91.8 Å². The number of ether oxygens (including phenoxy) is 1. The first-order valence-corrected chi connectivity index (χ1v) is 7.04. The largest absolute Gasteiger partial charge is 0.379 e. The molecule has 1 N–H and O–H groups in total. The summed E-state index contributed by atoms with van der Waals surface area (Å²) in [5, 5.41) is 3.09. The van der Waals surface area contributed by atoms with Gasteiger partial charge in [0.1, 0.15) is 0 Å². The Hall–Kier alpha value is -0.170. The highest BCUT2D eigenvalue weighted by atomic mass is 32.2. The van der Waals surface area contributed by atoms with Crippen molar-refractivity contribution in [1.29, 1.82) is 0 Å². The van der Waals surface area contributed by atoms with E-state index in [4.69, 9.17) is 4.74 Å². The molecule has 1 aliphatic heterocycles. The van der Waals surface area contributed by atoms with Crippen LogP contribution < -0.4 is 5.32 Å². The van der Waals surface area contributed by atoms with Crippen LogP contribution in [0.1, 0.15) is 13.3 Å². The molecule has 1 fully saturated rings. The normalized spacial score (nSPS) is 19.3. The molecule has 0 saturated carbocycles. The van der Waals surface area contributed by atoms with Gasteiger partial charge in [-0.2, -0.15) is 4.31 Å². The van der Waals surface area contributed by atoms with Crippen molar-refractivity contribution >= 4 is 10.0 Å². The predicted molar refractivity (Wildman–Crippen MR) is 59.3 cm³/mol. The van der Waals surface area contributed by atoms with Gasteiger partial charge >= 0.3 is 0 Å². The summed E-state index contributed by atoms with van der Waals surface area (Å²) in [7, 11) is -3.07. The fourth-order valence-corrected chi connectivity index (χ4v) is 2.82. The van der Waals surface area contributed by atoms with Gasteiger partial charge in [-0.15, -0.1) is 0 Å². The van der Waals surface area contributed by atoms with E-state index in [1.807, 2.05) is 0 Å². The summed E-state index contributed by atoms with van der Waals surface area (Å²) in [4.78, 5) is 0. The SMILES string of the molecule is CCCNCCS(=O)(=O)N1CCOCC1. The van der Waals surface area contributed by atoms with Crippen molar-refractivity contribution in [2.75, 3.05) is 45.1 Å². The van der Waals surface area contributed by atoms with Crippen molar-refractivity contribution in [2.24, 2.45) is 0 Å². The zero-order valence-electron chi connectivity index (χ0n) is 9.24. The van der Waals surface area contributed by atoms with Crippen molar-refractivity contribution < 1.29 is 13.2 Å². The molecule has 1 rings (SSSR count). The zero-order valence-corrected chi connectivity index (χ0v) is 10.1. The maximum atomic E-state index is 11.8. The second-order valence-electron chi connectivity index (χ2n) is 3.58. The quantitative estimate of drug-likeness (QED) is 0.640. The minimum atomic E-state index is -3.07. The molecule has 1 aliphatic rings. The summed E-state index contributed by atoms with van der Waals surface area (Å²) < 4.78 is 30.2. The molecule has 1 heterocycles. The van der Waals surface area contributed by atoms with Gasteiger partial charge in [0.2, 0.25) is 10.0 Å². The fraction of sp³-hybridized carbons (Fsp3) is 1.00. The van der Waals surface area contributed by atoms with Gasteiger partial charge in [0.15, 0.2) is 0 Å². The molecule has 0 radical (unpaired) electrons. The highest BCUT2D eigenvalue weighted by molar-refractivity contribution is 7.89. The van der Waals surface area contributed by atoms with Crippen molar-refractivity contribution in [1.82, 2.24) is 9.62 Å². The van der Waals surface area contributed by atoms with E-state index >= 15 is 0 Å². The molecule has 1 saturated heterocycles. The lowest BCUT2D eigenvalue weighted by molar-refractivity contribution is 0.0730. The molecule has 0 bridgehead atoms. The van der Waals surface area contributed by atoms with Gasteiger partial charge in [0, 0.05) is 19.6 Å². The predicted octanol–water partition coefficient (Wildman–Crippen LogP) is -0.352. The molecular formula is C9H20N2O3S. The summed E-state index contributed by atoms with van der Waals surface area (Å²) in [6, 6.07) is 0. The summed E-state index contributed by atoms with van der Waals surface area (Å²) in [5.74, 6) is 0.188. The monoisotopic (exact) mass is 236 g/mol.